The second-order valence-electron chi connectivity index (χ2n) is 7.64. The third-order valence-corrected chi connectivity index (χ3v) is 4.91. The third-order valence-electron chi connectivity index (χ3n) is 4.91. The van der Waals surface area contributed by atoms with E-state index >= 15 is 0 Å². The molecule has 3 rings (SSSR count). The highest BCUT2D eigenvalue weighted by Gasteiger charge is 2.13. The van der Waals surface area contributed by atoms with Gasteiger partial charge in [-0.05, 0) is 24.3 Å². The van der Waals surface area contributed by atoms with Crippen LogP contribution in [0.1, 0.15) is 6.92 Å². The number of fused-ring (bicyclic) bond motifs is 1. The number of benzene rings is 3. The monoisotopic (exact) mass is 509 g/mol. The van der Waals surface area contributed by atoms with Crippen LogP contribution in [-0.4, -0.2) is 57.9 Å². The van der Waals surface area contributed by atoms with E-state index in [0.29, 0.717) is 30.5 Å². The number of carbonyl (C=O) groups is 2. The summed E-state index contributed by atoms with van der Waals surface area (Å²) in [6.45, 7) is 6.78. The second-order valence-corrected chi connectivity index (χ2v) is 7.64. The van der Waals surface area contributed by atoms with Crippen LogP contribution in [0.3, 0.4) is 0 Å². The van der Waals surface area contributed by atoms with Gasteiger partial charge < -0.3 is 33.7 Å². The SMILES string of the molecule is C=CC(=O)OCCOCCOCCNC(=O)Oc1cccc2c(OC(C)Oc3ccccc3)cccc12. The first-order valence-corrected chi connectivity index (χ1v) is 11.9. The Balaban J connectivity index is 1.41. The first kappa shape index (κ1) is 27.5. The minimum Gasteiger partial charge on any atom is -0.460 e. The first-order chi connectivity index (χ1) is 18.1. The Kier molecular flexibility index (Phi) is 11.2. The topological polar surface area (TPSA) is 102 Å². The molecule has 9 heteroatoms. The van der Waals surface area contributed by atoms with Gasteiger partial charge in [0.2, 0.25) is 6.29 Å². The number of amides is 1. The normalized spacial score (nSPS) is 11.4. The molecule has 0 heterocycles. The van der Waals surface area contributed by atoms with Crippen molar-refractivity contribution in [2.24, 2.45) is 0 Å². The molecule has 9 nitrogen and oxygen atoms in total. The summed E-state index contributed by atoms with van der Waals surface area (Å²) >= 11 is 0. The minimum atomic E-state index is -0.594. The average Bonchev–Trinajstić information content (AvgIpc) is 2.90. The van der Waals surface area contributed by atoms with Crippen LogP contribution in [0.25, 0.3) is 10.8 Å². The van der Waals surface area contributed by atoms with E-state index in [1.807, 2.05) is 61.5 Å². The maximum atomic E-state index is 12.3. The van der Waals surface area contributed by atoms with Gasteiger partial charge in [-0.1, -0.05) is 49.0 Å². The fourth-order valence-corrected chi connectivity index (χ4v) is 3.28. The van der Waals surface area contributed by atoms with Crippen LogP contribution in [0.15, 0.2) is 79.4 Å². The summed E-state index contributed by atoms with van der Waals surface area (Å²) in [5.41, 5.74) is 0. The van der Waals surface area contributed by atoms with Crippen molar-refractivity contribution in [2.75, 3.05) is 39.6 Å². The molecule has 1 amide bonds. The van der Waals surface area contributed by atoms with Gasteiger partial charge >= 0.3 is 12.1 Å². The summed E-state index contributed by atoms with van der Waals surface area (Å²) < 4.78 is 32.8. The predicted molar refractivity (Wildman–Crippen MR) is 138 cm³/mol. The molecule has 196 valence electrons. The van der Waals surface area contributed by atoms with Crippen LogP contribution < -0.4 is 19.5 Å². The molecule has 3 aromatic carbocycles. The van der Waals surface area contributed by atoms with Crippen LogP contribution in [0.2, 0.25) is 0 Å². The zero-order valence-corrected chi connectivity index (χ0v) is 20.7. The maximum Gasteiger partial charge on any atom is 0.412 e. The molecule has 37 heavy (non-hydrogen) atoms. The number of rotatable bonds is 15. The van der Waals surface area contributed by atoms with Gasteiger partial charge in [0.15, 0.2) is 0 Å². The van der Waals surface area contributed by atoms with Crippen molar-refractivity contribution >= 4 is 22.8 Å². The van der Waals surface area contributed by atoms with Crippen molar-refractivity contribution in [3.63, 3.8) is 0 Å². The molecule has 0 aliphatic carbocycles. The molecule has 1 atom stereocenters. The smallest absolute Gasteiger partial charge is 0.412 e. The van der Waals surface area contributed by atoms with Gasteiger partial charge in [-0.3, -0.25) is 0 Å². The molecule has 0 radical (unpaired) electrons. The van der Waals surface area contributed by atoms with Crippen LogP contribution >= 0.6 is 0 Å². The lowest BCUT2D eigenvalue weighted by atomic mass is 10.1. The molecule has 0 aliphatic rings. The summed E-state index contributed by atoms with van der Waals surface area (Å²) in [6, 6.07) is 20.4. The van der Waals surface area contributed by atoms with Crippen molar-refractivity contribution in [3.05, 3.63) is 79.4 Å². The van der Waals surface area contributed by atoms with Gasteiger partial charge in [0, 0.05) is 30.3 Å². The highest BCUT2D eigenvalue weighted by atomic mass is 16.7. The summed E-state index contributed by atoms with van der Waals surface area (Å²) in [6.07, 6.45) is -0.0264. The highest BCUT2D eigenvalue weighted by Crippen LogP contribution is 2.33. The number of hydrogen-bond acceptors (Lipinski definition) is 8. The summed E-state index contributed by atoms with van der Waals surface area (Å²) in [7, 11) is 0. The van der Waals surface area contributed by atoms with E-state index in [4.69, 9.17) is 28.4 Å². The summed E-state index contributed by atoms with van der Waals surface area (Å²) in [5, 5.41) is 4.18. The summed E-state index contributed by atoms with van der Waals surface area (Å²) in [5.74, 6) is 1.24. The van der Waals surface area contributed by atoms with E-state index < -0.39 is 18.4 Å². The van der Waals surface area contributed by atoms with Crippen LogP contribution in [0, 0.1) is 0 Å². The van der Waals surface area contributed by atoms with Gasteiger partial charge in [0.1, 0.15) is 23.9 Å². The molecular weight excluding hydrogens is 478 g/mol. The highest BCUT2D eigenvalue weighted by molar-refractivity contribution is 5.94. The van der Waals surface area contributed by atoms with Gasteiger partial charge in [-0.2, -0.15) is 0 Å². The number of nitrogens with one attached hydrogen (secondary N) is 1. The molecular formula is C28H31NO8. The van der Waals surface area contributed by atoms with Crippen LogP contribution in [0.5, 0.6) is 17.2 Å². The fraction of sp³-hybridized carbons (Fsp3) is 0.286. The second kappa shape index (κ2) is 15.1. The molecule has 1 N–H and O–H groups in total. The van der Waals surface area contributed by atoms with Gasteiger partial charge in [-0.25, -0.2) is 9.59 Å². The number of esters is 1. The largest absolute Gasteiger partial charge is 0.460 e. The molecule has 0 saturated heterocycles. The Morgan fingerprint density at radius 1 is 0.811 bits per heavy atom. The zero-order valence-electron chi connectivity index (χ0n) is 20.7. The van der Waals surface area contributed by atoms with Crippen LogP contribution in [0.4, 0.5) is 4.79 Å². The van der Waals surface area contributed by atoms with Crippen LogP contribution in [-0.2, 0) is 19.0 Å². The Hall–Kier alpha value is -4.08. The quantitative estimate of drug-likeness (QED) is 0.138. The van der Waals surface area contributed by atoms with E-state index in [1.54, 1.807) is 12.1 Å². The lowest BCUT2D eigenvalue weighted by Gasteiger charge is -2.18. The molecule has 0 fully saturated rings. The Morgan fingerprint density at radius 3 is 2.19 bits per heavy atom. The average molecular weight is 510 g/mol. The molecule has 1 unspecified atom stereocenters. The lowest BCUT2D eigenvalue weighted by molar-refractivity contribution is -0.139. The Morgan fingerprint density at radius 2 is 1.46 bits per heavy atom. The molecule has 0 aromatic heterocycles. The standard InChI is InChI=1S/C28H31NO8/c1-3-27(30)34-20-19-33-18-17-32-16-15-29-28(31)37-26-14-8-11-23-24(26)12-7-13-25(23)36-21(2)35-22-9-5-4-6-10-22/h3-14,21H,1,15-20H2,2H3,(H,29,31). The maximum absolute atomic E-state index is 12.3. The molecule has 0 bridgehead atoms. The van der Waals surface area contributed by atoms with Gasteiger partial charge in [0.05, 0.1) is 26.4 Å². The van der Waals surface area contributed by atoms with E-state index in [2.05, 4.69) is 11.9 Å². The van der Waals surface area contributed by atoms with Crippen molar-refractivity contribution in [1.82, 2.24) is 5.32 Å². The zero-order chi connectivity index (χ0) is 26.3. The van der Waals surface area contributed by atoms with Gasteiger partial charge in [0.25, 0.3) is 0 Å². The van der Waals surface area contributed by atoms with Crippen molar-refractivity contribution < 1.29 is 38.0 Å². The van der Waals surface area contributed by atoms with E-state index in [0.717, 1.165) is 16.8 Å². The van der Waals surface area contributed by atoms with Crippen molar-refractivity contribution in [3.8, 4) is 17.2 Å². The predicted octanol–water partition coefficient (Wildman–Crippen LogP) is 4.49. The first-order valence-electron chi connectivity index (χ1n) is 11.9. The Bertz CT molecular complexity index is 1150. The fourth-order valence-electron chi connectivity index (χ4n) is 3.28. The minimum absolute atomic E-state index is 0.153. The van der Waals surface area contributed by atoms with Gasteiger partial charge in [-0.15, -0.1) is 0 Å². The molecule has 0 saturated carbocycles. The molecule has 0 spiro atoms. The third kappa shape index (κ3) is 9.47. The molecule has 0 aliphatic heterocycles. The van der Waals surface area contributed by atoms with Crippen molar-refractivity contribution in [2.45, 2.75) is 13.2 Å². The number of para-hydroxylation sites is 1. The van der Waals surface area contributed by atoms with Crippen molar-refractivity contribution in [1.29, 1.82) is 0 Å². The molecule has 3 aromatic rings. The number of ether oxygens (including phenoxy) is 6. The lowest BCUT2D eigenvalue weighted by Crippen LogP contribution is -2.30. The van der Waals surface area contributed by atoms with E-state index in [1.165, 1.54) is 0 Å². The Labute approximate surface area is 215 Å². The summed E-state index contributed by atoms with van der Waals surface area (Å²) in [4.78, 5) is 23.2. The number of carbonyl (C=O) groups excluding carboxylic acids is 2. The van der Waals surface area contributed by atoms with E-state index in [9.17, 15) is 9.59 Å². The number of hydrogen-bond donors (Lipinski definition) is 1. The van der Waals surface area contributed by atoms with E-state index in [-0.39, 0.29) is 26.4 Å².